The van der Waals surface area contributed by atoms with Gasteiger partial charge in [0.25, 0.3) is 5.56 Å². The minimum absolute atomic E-state index is 0.119. The third kappa shape index (κ3) is 4.43. The first-order chi connectivity index (χ1) is 12.5. The molecule has 0 bridgehead atoms. The standard InChI is InChI=1S/C19H20N4O2S/c1-13-4-3-8-20-19(13)16(10-15-7-9-26-12-15)21-17(24)11-23-18(25)6-5-14(2)22-23/h3-9,12,16H,10-11H2,1-2H3,(H,21,24)/t16-/m1/s1. The lowest BCUT2D eigenvalue weighted by Crippen LogP contribution is -2.37. The molecule has 3 heterocycles. The lowest BCUT2D eigenvalue weighted by molar-refractivity contribution is -0.122. The molecule has 26 heavy (non-hydrogen) atoms. The van der Waals surface area contributed by atoms with E-state index in [2.05, 4.69) is 20.8 Å². The minimum atomic E-state index is -0.297. The molecule has 0 unspecified atom stereocenters. The van der Waals surface area contributed by atoms with Gasteiger partial charge in [-0.15, -0.1) is 0 Å². The van der Waals surface area contributed by atoms with Gasteiger partial charge in [0.1, 0.15) is 6.54 Å². The van der Waals surface area contributed by atoms with Gasteiger partial charge in [-0.1, -0.05) is 6.07 Å². The third-order valence-electron chi connectivity index (χ3n) is 4.03. The Bertz CT molecular complexity index is 950. The number of hydrogen-bond donors (Lipinski definition) is 1. The van der Waals surface area contributed by atoms with Crippen LogP contribution in [0.25, 0.3) is 0 Å². The van der Waals surface area contributed by atoms with Crippen molar-refractivity contribution in [1.29, 1.82) is 0 Å². The molecular weight excluding hydrogens is 348 g/mol. The van der Waals surface area contributed by atoms with Crippen molar-refractivity contribution in [3.63, 3.8) is 0 Å². The fraction of sp³-hybridized carbons (Fsp3) is 0.263. The number of hydrogen-bond acceptors (Lipinski definition) is 5. The molecule has 1 amide bonds. The summed E-state index contributed by atoms with van der Waals surface area (Å²) in [6, 6.07) is 8.67. The van der Waals surface area contributed by atoms with Crippen molar-refractivity contribution in [2.24, 2.45) is 0 Å². The Kier molecular flexibility index (Phi) is 5.58. The van der Waals surface area contributed by atoms with Gasteiger partial charge in [-0.25, -0.2) is 4.68 Å². The highest BCUT2D eigenvalue weighted by atomic mass is 32.1. The van der Waals surface area contributed by atoms with Gasteiger partial charge in [0.15, 0.2) is 0 Å². The van der Waals surface area contributed by atoms with Crippen LogP contribution in [-0.2, 0) is 17.8 Å². The van der Waals surface area contributed by atoms with Crippen molar-refractivity contribution in [1.82, 2.24) is 20.1 Å². The number of aromatic nitrogens is 3. The highest BCUT2D eigenvalue weighted by molar-refractivity contribution is 7.07. The highest BCUT2D eigenvalue weighted by Crippen LogP contribution is 2.21. The largest absolute Gasteiger partial charge is 0.346 e. The number of carbonyl (C=O) groups is 1. The van der Waals surface area contributed by atoms with Gasteiger partial charge < -0.3 is 5.32 Å². The Morgan fingerprint density at radius 3 is 2.85 bits per heavy atom. The summed E-state index contributed by atoms with van der Waals surface area (Å²) < 4.78 is 1.18. The molecule has 1 N–H and O–H groups in total. The molecule has 0 aliphatic heterocycles. The molecule has 3 aromatic heterocycles. The Morgan fingerprint density at radius 2 is 2.12 bits per heavy atom. The van der Waals surface area contributed by atoms with Gasteiger partial charge in [0.05, 0.1) is 17.4 Å². The summed E-state index contributed by atoms with van der Waals surface area (Å²) in [6.45, 7) is 3.64. The number of aryl methyl sites for hydroxylation is 2. The number of rotatable bonds is 6. The van der Waals surface area contributed by atoms with Crippen LogP contribution in [0, 0.1) is 13.8 Å². The van der Waals surface area contributed by atoms with Crippen LogP contribution in [0.15, 0.2) is 52.1 Å². The molecule has 3 rings (SSSR count). The van der Waals surface area contributed by atoms with Crippen molar-refractivity contribution in [3.8, 4) is 0 Å². The highest BCUT2D eigenvalue weighted by Gasteiger charge is 2.19. The predicted molar refractivity (Wildman–Crippen MR) is 101 cm³/mol. The van der Waals surface area contributed by atoms with E-state index in [4.69, 9.17) is 0 Å². The van der Waals surface area contributed by atoms with Crippen molar-refractivity contribution in [3.05, 3.63) is 80.2 Å². The van der Waals surface area contributed by atoms with Gasteiger partial charge >= 0.3 is 0 Å². The van der Waals surface area contributed by atoms with Crippen LogP contribution in [0.3, 0.4) is 0 Å². The first-order valence-corrected chi connectivity index (χ1v) is 9.24. The van der Waals surface area contributed by atoms with Crippen LogP contribution in [0.2, 0.25) is 0 Å². The molecule has 0 aromatic carbocycles. The van der Waals surface area contributed by atoms with Gasteiger partial charge in [-0.05, 0) is 60.4 Å². The zero-order valence-corrected chi connectivity index (χ0v) is 15.5. The van der Waals surface area contributed by atoms with Gasteiger partial charge in [0.2, 0.25) is 5.91 Å². The predicted octanol–water partition coefficient (Wildman–Crippen LogP) is 2.42. The quantitative estimate of drug-likeness (QED) is 0.725. The van der Waals surface area contributed by atoms with Gasteiger partial charge in [0, 0.05) is 12.3 Å². The molecule has 134 valence electrons. The number of nitrogens with one attached hydrogen (secondary N) is 1. The monoisotopic (exact) mass is 368 g/mol. The maximum absolute atomic E-state index is 12.6. The number of thiophene rings is 1. The van der Waals surface area contributed by atoms with E-state index in [0.29, 0.717) is 12.1 Å². The third-order valence-corrected chi connectivity index (χ3v) is 4.76. The Labute approximate surface area is 155 Å². The summed E-state index contributed by atoms with van der Waals surface area (Å²) in [5.74, 6) is -0.268. The SMILES string of the molecule is Cc1ccc(=O)n(CC(=O)N[C@H](Cc2ccsc2)c2ncccc2C)n1. The molecule has 1 atom stereocenters. The molecule has 0 fully saturated rings. The van der Waals surface area contributed by atoms with Crippen molar-refractivity contribution in [2.45, 2.75) is 32.9 Å². The van der Waals surface area contributed by atoms with E-state index in [0.717, 1.165) is 16.8 Å². The summed E-state index contributed by atoms with van der Waals surface area (Å²) in [4.78, 5) is 28.9. The Morgan fingerprint density at radius 1 is 1.27 bits per heavy atom. The van der Waals surface area contributed by atoms with Crippen LogP contribution in [0.5, 0.6) is 0 Å². The average Bonchev–Trinajstić information content (AvgIpc) is 3.11. The molecule has 0 saturated heterocycles. The second-order valence-electron chi connectivity index (χ2n) is 6.13. The van der Waals surface area contributed by atoms with Crippen LogP contribution in [0.4, 0.5) is 0 Å². The van der Waals surface area contributed by atoms with Crippen molar-refractivity contribution in [2.75, 3.05) is 0 Å². The van der Waals surface area contributed by atoms with E-state index in [-0.39, 0.29) is 24.1 Å². The Balaban J connectivity index is 1.81. The molecule has 0 spiro atoms. The maximum Gasteiger partial charge on any atom is 0.267 e. The lowest BCUT2D eigenvalue weighted by Gasteiger charge is -2.20. The first-order valence-electron chi connectivity index (χ1n) is 8.29. The minimum Gasteiger partial charge on any atom is -0.346 e. The molecule has 0 radical (unpaired) electrons. The van der Waals surface area contributed by atoms with Gasteiger partial charge in [-0.3, -0.25) is 14.6 Å². The fourth-order valence-corrected chi connectivity index (χ4v) is 3.44. The Hall–Kier alpha value is -2.80. The zero-order chi connectivity index (χ0) is 18.5. The summed E-state index contributed by atoms with van der Waals surface area (Å²) in [5.41, 5.74) is 3.37. The summed E-state index contributed by atoms with van der Waals surface area (Å²) >= 11 is 1.62. The van der Waals surface area contributed by atoms with Crippen LogP contribution in [0.1, 0.15) is 28.6 Å². The second kappa shape index (κ2) is 8.05. The molecule has 0 saturated carbocycles. The van der Waals surface area contributed by atoms with E-state index in [9.17, 15) is 9.59 Å². The smallest absolute Gasteiger partial charge is 0.267 e. The molecule has 6 nitrogen and oxygen atoms in total. The lowest BCUT2D eigenvalue weighted by atomic mass is 10.0. The van der Waals surface area contributed by atoms with E-state index in [1.807, 2.05) is 30.5 Å². The van der Waals surface area contributed by atoms with E-state index in [1.54, 1.807) is 30.5 Å². The molecule has 0 aliphatic rings. The summed E-state index contributed by atoms with van der Waals surface area (Å²) in [5, 5.41) is 11.2. The zero-order valence-electron chi connectivity index (χ0n) is 14.7. The van der Waals surface area contributed by atoms with Crippen LogP contribution in [-0.4, -0.2) is 20.7 Å². The average molecular weight is 368 g/mol. The number of nitrogens with zero attached hydrogens (tertiary/aromatic N) is 3. The second-order valence-corrected chi connectivity index (χ2v) is 6.91. The van der Waals surface area contributed by atoms with E-state index < -0.39 is 0 Å². The van der Waals surface area contributed by atoms with Crippen molar-refractivity contribution >= 4 is 17.2 Å². The maximum atomic E-state index is 12.6. The van der Waals surface area contributed by atoms with Crippen LogP contribution >= 0.6 is 11.3 Å². The van der Waals surface area contributed by atoms with Crippen LogP contribution < -0.4 is 10.9 Å². The molecular formula is C19H20N4O2S. The fourth-order valence-electron chi connectivity index (χ4n) is 2.76. The van der Waals surface area contributed by atoms with E-state index >= 15 is 0 Å². The van der Waals surface area contributed by atoms with Crippen molar-refractivity contribution < 1.29 is 4.79 Å². The topological polar surface area (TPSA) is 76.9 Å². The first kappa shape index (κ1) is 18.0. The summed E-state index contributed by atoms with van der Waals surface area (Å²) in [7, 11) is 0. The van der Waals surface area contributed by atoms with E-state index in [1.165, 1.54) is 10.7 Å². The molecule has 0 aliphatic carbocycles. The number of amides is 1. The normalized spacial score (nSPS) is 11.9. The molecule has 7 heteroatoms. The van der Waals surface area contributed by atoms with Gasteiger partial charge in [-0.2, -0.15) is 16.4 Å². The number of pyridine rings is 1. The molecule has 3 aromatic rings. The summed E-state index contributed by atoms with van der Waals surface area (Å²) in [6.07, 6.45) is 2.37. The number of carbonyl (C=O) groups excluding carboxylic acids is 1.